The molecule has 0 aliphatic carbocycles. The maximum absolute atomic E-state index is 14.3. The first kappa shape index (κ1) is 21.4. The highest BCUT2D eigenvalue weighted by Crippen LogP contribution is 2.39. The van der Waals surface area contributed by atoms with Gasteiger partial charge in [0.25, 0.3) is 11.8 Å². The van der Waals surface area contributed by atoms with Gasteiger partial charge in [-0.05, 0) is 25.8 Å². The molecule has 10 heteroatoms. The third-order valence-electron chi connectivity index (χ3n) is 6.86. The summed E-state index contributed by atoms with van der Waals surface area (Å²) < 4.78 is 21.3. The molecule has 3 aliphatic rings. The molecule has 174 valence electrons. The first-order valence-electron chi connectivity index (χ1n) is 11.0. The van der Waals surface area contributed by atoms with Crippen molar-refractivity contribution in [3.05, 3.63) is 62.8 Å². The summed E-state index contributed by atoms with van der Waals surface area (Å²) in [6.45, 7) is 4.78. The first-order chi connectivity index (χ1) is 15.8. The summed E-state index contributed by atoms with van der Waals surface area (Å²) >= 11 is 0. The lowest BCUT2D eigenvalue weighted by Crippen LogP contribution is -2.61. The van der Waals surface area contributed by atoms with Gasteiger partial charge in [-0.2, -0.15) is 0 Å². The van der Waals surface area contributed by atoms with Crippen LogP contribution in [0.5, 0.6) is 5.75 Å². The van der Waals surface area contributed by atoms with Crippen LogP contribution in [-0.4, -0.2) is 58.5 Å². The Bertz CT molecular complexity index is 1210. The molecule has 2 aromatic rings. The molecule has 0 bridgehead atoms. The summed E-state index contributed by atoms with van der Waals surface area (Å²) in [5.41, 5.74) is -0.689. The molecule has 3 aliphatic heterocycles. The Morgan fingerprint density at radius 1 is 1.30 bits per heavy atom. The predicted molar refractivity (Wildman–Crippen MR) is 116 cm³/mol. The zero-order chi connectivity index (χ0) is 23.4. The van der Waals surface area contributed by atoms with Crippen LogP contribution in [-0.2, 0) is 11.3 Å². The molecule has 0 radical (unpaired) electrons. The number of nitrogens with zero attached hydrogens (tertiary/aromatic N) is 3. The zero-order valence-corrected chi connectivity index (χ0v) is 18.4. The van der Waals surface area contributed by atoms with E-state index in [4.69, 9.17) is 4.74 Å². The number of aromatic hydroxyl groups is 1. The number of pyridine rings is 1. The fourth-order valence-electron chi connectivity index (χ4n) is 5.15. The second-order valence-electron chi connectivity index (χ2n) is 8.70. The van der Waals surface area contributed by atoms with Crippen molar-refractivity contribution in [1.29, 1.82) is 0 Å². The van der Waals surface area contributed by atoms with E-state index < -0.39 is 28.8 Å². The number of rotatable bonds is 4. The molecule has 2 N–H and O–H groups in total. The number of carbonyl (C=O) groups is 2. The SMILES string of the molecule is CCN1C(=O)c2c(O)c(=O)c(C(=O)NCc3cccc(C)c3F)cn2N2[C@H]3COC[C@H]3C[C@@H]12. The number of fused-ring (bicyclic) bond motifs is 5. The van der Waals surface area contributed by atoms with Crippen LogP contribution in [0.1, 0.15) is 45.3 Å². The van der Waals surface area contributed by atoms with Crippen molar-refractivity contribution in [2.45, 2.75) is 39.0 Å². The monoisotopic (exact) mass is 456 g/mol. The minimum Gasteiger partial charge on any atom is -0.502 e. The maximum atomic E-state index is 14.3. The predicted octanol–water partition coefficient (Wildman–Crippen LogP) is 1.09. The quantitative estimate of drug-likeness (QED) is 0.714. The Labute approximate surface area is 189 Å². The van der Waals surface area contributed by atoms with Gasteiger partial charge in [0, 0.05) is 30.8 Å². The van der Waals surface area contributed by atoms with Crippen molar-refractivity contribution < 1.29 is 23.8 Å². The van der Waals surface area contributed by atoms with Crippen LogP contribution in [0, 0.1) is 18.7 Å². The van der Waals surface area contributed by atoms with Gasteiger partial charge < -0.3 is 20.1 Å². The van der Waals surface area contributed by atoms with Gasteiger partial charge in [-0.1, -0.05) is 18.2 Å². The van der Waals surface area contributed by atoms with Crippen molar-refractivity contribution in [3.8, 4) is 5.75 Å². The van der Waals surface area contributed by atoms with Gasteiger partial charge in [0.15, 0.2) is 11.4 Å². The molecule has 9 nitrogen and oxygen atoms in total. The van der Waals surface area contributed by atoms with Gasteiger partial charge in [0.05, 0.1) is 19.3 Å². The second-order valence-corrected chi connectivity index (χ2v) is 8.70. The van der Waals surface area contributed by atoms with E-state index in [0.29, 0.717) is 31.7 Å². The van der Waals surface area contributed by atoms with Crippen molar-refractivity contribution in [2.24, 2.45) is 5.92 Å². The molecule has 2 saturated heterocycles. The van der Waals surface area contributed by atoms with Gasteiger partial charge in [-0.3, -0.25) is 24.1 Å². The number of ether oxygens (including phenoxy) is 1. The number of carbonyl (C=O) groups excluding carboxylic acids is 2. The third-order valence-corrected chi connectivity index (χ3v) is 6.86. The lowest BCUT2D eigenvalue weighted by Gasteiger charge is -2.44. The number of aromatic nitrogens is 1. The Hall–Kier alpha value is -3.40. The Balaban J connectivity index is 1.53. The molecule has 1 aromatic heterocycles. The van der Waals surface area contributed by atoms with Crippen LogP contribution >= 0.6 is 0 Å². The number of nitrogens with one attached hydrogen (secondary N) is 1. The van der Waals surface area contributed by atoms with Crippen LogP contribution in [0.3, 0.4) is 0 Å². The van der Waals surface area contributed by atoms with Gasteiger partial charge in [-0.15, -0.1) is 0 Å². The zero-order valence-electron chi connectivity index (χ0n) is 18.4. The van der Waals surface area contributed by atoms with E-state index in [9.17, 15) is 23.9 Å². The molecule has 5 rings (SSSR count). The molecule has 2 fully saturated rings. The standard InChI is InChI=1S/C23H25FN4O5/c1-3-26-17-7-14-10-33-11-16(14)28(17)27-9-15(20(29)21(30)19(27)23(26)32)22(31)25-8-13-6-4-5-12(2)18(13)24/h4-6,9,14,16-17,30H,3,7-8,10-11H2,1-2H3,(H,25,31)/t14-,16+,17+/m1/s1. The molecular weight excluding hydrogens is 431 g/mol. The van der Waals surface area contributed by atoms with Crippen molar-refractivity contribution in [2.75, 3.05) is 24.8 Å². The summed E-state index contributed by atoms with van der Waals surface area (Å²) in [6, 6.07) is 4.80. The Kier molecular flexibility index (Phi) is 5.12. The highest BCUT2D eigenvalue weighted by atomic mass is 19.1. The second kappa shape index (κ2) is 7.87. The van der Waals surface area contributed by atoms with E-state index in [1.54, 1.807) is 30.0 Å². The minimum atomic E-state index is -0.940. The molecule has 0 unspecified atom stereocenters. The number of aryl methyl sites for hydroxylation is 1. The van der Waals surface area contributed by atoms with Crippen molar-refractivity contribution in [1.82, 2.24) is 14.9 Å². The number of amides is 2. The van der Waals surface area contributed by atoms with Crippen molar-refractivity contribution in [3.63, 3.8) is 0 Å². The highest BCUT2D eigenvalue weighted by Gasteiger charge is 2.52. The van der Waals surface area contributed by atoms with E-state index in [2.05, 4.69) is 5.32 Å². The van der Waals surface area contributed by atoms with Crippen molar-refractivity contribution >= 4 is 11.8 Å². The summed E-state index contributed by atoms with van der Waals surface area (Å²) in [4.78, 5) is 40.5. The Morgan fingerprint density at radius 3 is 2.85 bits per heavy atom. The fourth-order valence-corrected chi connectivity index (χ4v) is 5.15. The third kappa shape index (κ3) is 3.19. The maximum Gasteiger partial charge on any atom is 0.278 e. The smallest absolute Gasteiger partial charge is 0.278 e. The van der Waals surface area contributed by atoms with E-state index >= 15 is 0 Å². The molecular formula is C23H25FN4O5. The lowest BCUT2D eigenvalue weighted by molar-refractivity contribution is 0.0568. The molecule has 33 heavy (non-hydrogen) atoms. The minimum absolute atomic E-state index is 0.0462. The normalized spacial score (nSPS) is 23.4. The molecule has 0 saturated carbocycles. The molecule has 0 spiro atoms. The number of halogens is 1. The summed E-state index contributed by atoms with van der Waals surface area (Å²) in [5, 5.41) is 15.2. The average molecular weight is 456 g/mol. The largest absolute Gasteiger partial charge is 0.502 e. The lowest BCUT2D eigenvalue weighted by atomic mass is 10.0. The van der Waals surface area contributed by atoms with Crippen LogP contribution in [0.15, 0.2) is 29.2 Å². The van der Waals surface area contributed by atoms with Crippen LogP contribution in [0.4, 0.5) is 4.39 Å². The number of benzene rings is 1. The van der Waals surface area contributed by atoms with Gasteiger partial charge >= 0.3 is 0 Å². The van der Waals surface area contributed by atoms with E-state index in [-0.39, 0.29) is 41.5 Å². The fraction of sp³-hybridized carbons (Fsp3) is 0.435. The molecule has 1 aromatic carbocycles. The molecule has 3 atom stereocenters. The molecule has 2 amide bonds. The van der Waals surface area contributed by atoms with E-state index in [1.165, 1.54) is 10.9 Å². The van der Waals surface area contributed by atoms with Crippen LogP contribution in [0.25, 0.3) is 0 Å². The van der Waals surface area contributed by atoms with Crippen LogP contribution < -0.4 is 15.8 Å². The summed E-state index contributed by atoms with van der Waals surface area (Å²) in [6.07, 6.45) is 1.75. The number of hydrogen-bond acceptors (Lipinski definition) is 6. The van der Waals surface area contributed by atoms with E-state index in [0.717, 1.165) is 0 Å². The summed E-state index contributed by atoms with van der Waals surface area (Å²) in [5.74, 6) is -2.21. The van der Waals surface area contributed by atoms with Gasteiger partial charge in [0.2, 0.25) is 5.43 Å². The molecule has 4 heterocycles. The summed E-state index contributed by atoms with van der Waals surface area (Å²) in [7, 11) is 0. The van der Waals surface area contributed by atoms with E-state index in [1.807, 2.05) is 11.9 Å². The van der Waals surface area contributed by atoms with Gasteiger partial charge in [-0.25, -0.2) is 4.39 Å². The number of hydrogen-bond donors (Lipinski definition) is 2. The average Bonchev–Trinajstić information content (AvgIpc) is 3.38. The van der Waals surface area contributed by atoms with Crippen LogP contribution in [0.2, 0.25) is 0 Å². The van der Waals surface area contributed by atoms with Gasteiger partial charge in [0.1, 0.15) is 17.5 Å². The Morgan fingerprint density at radius 2 is 2.09 bits per heavy atom. The highest BCUT2D eigenvalue weighted by molar-refractivity contribution is 5.99. The first-order valence-corrected chi connectivity index (χ1v) is 11.0. The topological polar surface area (TPSA) is 104 Å².